The highest BCUT2D eigenvalue weighted by Crippen LogP contribution is 2.26. The van der Waals surface area contributed by atoms with Crippen molar-refractivity contribution in [3.8, 4) is 0 Å². The standard InChI is InChI=1S/C11H18N2/c1-9-7-10(2)13(12-9)8-11-5-3-4-6-11/h7,11H,3-6,8H2,1-2H3. The monoisotopic (exact) mass is 178 g/mol. The summed E-state index contributed by atoms with van der Waals surface area (Å²) < 4.78 is 2.17. The van der Waals surface area contributed by atoms with Crippen molar-refractivity contribution in [1.82, 2.24) is 9.78 Å². The lowest BCUT2D eigenvalue weighted by atomic mass is 10.1. The molecule has 0 N–H and O–H groups in total. The van der Waals surface area contributed by atoms with Crippen LogP contribution < -0.4 is 0 Å². The van der Waals surface area contributed by atoms with Gasteiger partial charge in [-0.25, -0.2) is 0 Å². The van der Waals surface area contributed by atoms with Crippen molar-refractivity contribution in [3.05, 3.63) is 17.5 Å². The third-order valence-electron chi connectivity index (χ3n) is 3.01. The molecule has 1 fully saturated rings. The molecule has 2 rings (SSSR count). The summed E-state index contributed by atoms with van der Waals surface area (Å²) in [7, 11) is 0. The first-order valence-corrected chi connectivity index (χ1v) is 5.27. The maximum atomic E-state index is 4.49. The second kappa shape index (κ2) is 3.52. The van der Waals surface area contributed by atoms with Gasteiger partial charge in [0.05, 0.1) is 5.69 Å². The highest BCUT2D eigenvalue weighted by atomic mass is 15.3. The predicted octanol–water partition coefficient (Wildman–Crippen LogP) is 2.69. The zero-order valence-electron chi connectivity index (χ0n) is 8.58. The quantitative estimate of drug-likeness (QED) is 0.681. The summed E-state index contributed by atoms with van der Waals surface area (Å²) in [6, 6.07) is 2.16. The lowest BCUT2D eigenvalue weighted by molar-refractivity contribution is 0.422. The van der Waals surface area contributed by atoms with Crippen molar-refractivity contribution >= 4 is 0 Å². The number of nitrogens with zero attached hydrogens (tertiary/aromatic N) is 2. The van der Waals surface area contributed by atoms with Crippen LogP contribution in [-0.4, -0.2) is 9.78 Å². The van der Waals surface area contributed by atoms with Crippen LogP contribution in [0.2, 0.25) is 0 Å². The van der Waals surface area contributed by atoms with Crippen LogP contribution in [0.4, 0.5) is 0 Å². The van der Waals surface area contributed by atoms with Gasteiger partial charge in [-0.05, 0) is 38.7 Å². The number of aromatic nitrogens is 2. The van der Waals surface area contributed by atoms with Crippen LogP contribution in [-0.2, 0) is 6.54 Å². The van der Waals surface area contributed by atoms with E-state index in [2.05, 4.69) is 29.7 Å². The first-order chi connectivity index (χ1) is 6.25. The van der Waals surface area contributed by atoms with Crippen LogP contribution >= 0.6 is 0 Å². The molecule has 0 unspecified atom stereocenters. The Labute approximate surface area is 80.0 Å². The minimum absolute atomic E-state index is 0.887. The number of hydrogen-bond acceptors (Lipinski definition) is 1. The van der Waals surface area contributed by atoms with E-state index in [1.165, 1.54) is 31.4 Å². The van der Waals surface area contributed by atoms with Crippen molar-refractivity contribution in [2.45, 2.75) is 46.1 Å². The summed E-state index contributed by atoms with van der Waals surface area (Å²) in [5.74, 6) is 0.887. The average Bonchev–Trinajstić information content (AvgIpc) is 2.63. The SMILES string of the molecule is Cc1cc(C)n(CC2CCCC2)n1. The van der Waals surface area contributed by atoms with Crippen LogP contribution in [0, 0.1) is 19.8 Å². The van der Waals surface area contributed by atoms with Gasteiger partial charge in [-0.1, -0.05) is 12.8 Å². The number of hydrogen-bond donors (Lipinski definition) is 0. The van der Waals surface area contributed by atoms with E-state index in [9.17, 15) is 0 Å². The Morgan fingerprint density at radius 2 is 2.08 bits per heavy atom. The molecular weight excluding hydrogens is 160 g/mol. The maximum Gasteiger partial charge on any atom is 0.0596 e. The highest BCUT2D eigenvalue weighted by Gasteiger charge is 2.16. The lowest BCUT2D eigenvalue weighted by Crippen LogP contribution is -2.10. The molecular formula is C11H18N2. The van der Waals surface area contributed by atoms with Gasteiger partial charge in [-0.2, -0.15) is 5.10 Å². The van der Waals surface area contributed by atoms with Crippen LogP contribution in [0.25, 0.3) is 0 Å². The first-order valence-electron chi connectivity index (χ1n) is 5.27. The largest absolute Gasteiger partial charge is 0.269 e. The zero-order chi connectivity index (χ0) is 9.26. The topological polar surface area (TPSA) is 17.8 Å². The fourth-order valence-corrected chi connectivity index (χ4v) is 2.30. The van der Waals surface area contributed by atoms with Crippen LogP contribution in [0.15, 0.2) is 6.07 Å². The van der Waals surface area contributed by atoms with Gasteiger partial charge in [-0.15, -0.1) is 0 Å². The summed E-state index contributed by atoms with van der Waals surface area (Å²) in [6.07, 6.45) is 5.64. The molecule has 1 heterocycles. The second-order valence-electron chi connectivity index (χ2n) is 4.26. The maximum absolute atomic E-state index is 4.49. The second-order valence-corrected chi connectivity index (χ2v) is 4.26. The van der Waals surface area contributed by atoms with Gasteiger partial charge in [0.2, 0.25) is 0 Å². The molecule has 13 heavy (non-hydrogen) atoms. The molecule has 2 nitrogen and oxygen atoms in total. The fraction of sp³-hybridized carbons (Fsp3) is 0.727. The lowest BCUT2D eigenvalue weighted by Gasteiger charge is -2.10. The van der Waals surface area contributed by atoms with Gasteiger partial charge < -0.3 is 0 Å². The number of aryl methyl sites for hydroxylation is 2. The minimum Gasteiger partial charge on any atom is -0.269 e. The Hall–Kier alpha value is -0.790. The summed E-state index contributed by atoms with van der Waals surface area (Å²) in [4.78, 5) is 0. The summed E-state index contributed by atoms with van der Waals surface area (Å²) in [6.45, 7) is 5.35. The van der Waals surface area contributed by atoms with E-state index in [-0.39, 0.29) is 0 Å². The van der Waals surface area contributed by atoms with Crippen LogP contribution in [0.5, 0.6) is 0 Å². The molecule has 0 saturated heterocycles. The van der Waals surface area contributed by atoms with E-state index < -0.39 is 0 Å². The van der Waals surface area contributed by atoms with Crippen molar-refractivity contribution in [2.24, 2.45) is 5.92 Å². The van der Waals surface area contributed by atoms with E-state index in [1.807, 2.05) is 0 Å². The van der Waals surface area contributed by atoms with Gasteiger partial charge in [-0.3, -0.25) is 4.68 Å². The molecule has 0 bridgehead atoms. The van der Waals surface area contributed by atoms with Crippen molar-refractivity contribution in [1.29, 1.82) is 0 Å². The molecule has 1 aliphatic rings. The molecule has 1 aliphatic carbocycles. The zero-order valence-corrected chi connectivity index (χ0v) is 8.58. The molecule has 0 aliphatic heterocycles. The molecule has 0 atom stereocenters. The smallest absolute Gasteiger partial charge is 0.0596 e. The van der Waals surface area contributed by atoms with Gasteiger partial charge in [0, 0.05) is 12.2 Å². The average molecular weight is 178 g/mol. The predicted molar refractivity (Wildman–Crippen MR) is 53.7 cm³/mol. The Morgan fingerprint density at radius 3 is 2.62 bits per heavy atom. The molecule has 2 heteroatoms. The Morgan fingerprint density at radius 1 is 1.38 bits per heavy atom. The first kappa shape index (κ1) is 8.79. The van der Waals surface area contributed by atoms with Crippen LogP contribution in [0.1, 0.15) is 37.1 Å². The Bertz CT molecular complexity index is 282. The third kappa shape index (κ3) is 1.93. The minimum atomic E-state index is 0.887. The molecule has 0 radical (unpaired) electrons. The fourth-order valence-electron chi connectivity index (χ4n) is 2.30. The van der Waals surface area contributed by atoms with E-state index in [0.717, 1.165) is 18.2 Å². The molecule has 72 valence electrons. The molecule has 0 amide bonds. The molecule has 0 aromatic carbocycles. The molecule has 1 aromatic heterocycles. The van der Waals surface area contributed by atoms with Crippen molar-refractivity contribution < 1.29 is 0 Å². The van der Waals surface area contributed by atoms with Crippen molar-refractivity contribution in [3.63, 3.8) is 0 Å². The molecule has 1 saturated carbocycles. The van der Waals surface area contributed by atoms with Crippen molar-refractivity contribution in [2.75, 3.05) is 0 Å². The van der Waals surface area contributed by atoms with E-state index in [4.69, 9.17) is 0 Å². The Kier molecular flexibility index (Phi) is 2.38. The van der Waals surface area contributed by atoms with Crippen LogP contribution in [0.3, 0.4) is 0 Å². The van der Waals surface area contributed by atoms with E-state index in [0.29, 0.717) is 0 Å². The van der Waals surface area contributed by atoms with E-state index >= 15 is 0 Å². The normalized spacial score (nSPS) is 18.3. The highest BCUT2D eigenvalue weighted by molar-refractivity contribution is 5.06. The van der Waals surface area contributed by atoms with Gasteiger partial charge in [0.15, 0.2) is 0 Å². The van der Waals surface area contributed by atoms with Gasteiger partial charge >= 0.3 is 0 Å². The third-order valence-corrected chi connectivity index (χ3v) is 3.01. The number of rotatable bonds is 2. The molecule has 0 spiro atoms. The summed E-state index contributed by atoms with van der Waals surface area (Å²) in [5.41, 5.74) is 2.46. The Balaban J connectivity index is 2.03. The summed E-state index contributed by atoms with van der Waals surface area (Å²) in [5, 5.41) is 4.49. The van der Waals surface area contributed by atoms with E-state index in [1.54, 1.807) is 0 Å². The van der Waals surface area contributed by atoms with Gasteiger partial charge in [0.25, 0.3) is 0 Å². The van der Waals surface area contributed by atoms with Gasteiger partial charge in [0.1, 0.15) is 0 Å². The molecule has 1 aromatic rings. The summed E-state index contributed by atoms with van der Waals surface area (Å²) >= 11 is 0.